The maximum Gasteiger partial charge on any atom is 2.00 e. The third kappa shape index (κ3) is 12.4. The summed E-state index contributed by atoms with van der Waals surface area (Å²) in [4.78, 5) is 9.28. The Morgan fingerprint density at radius 1 is 0.714 bits per heavy atom. The molecule has 0 aromatic heterocycles. The van der Waals surface area contributed by atoms with Crippen LogP contribution >= 0.6 is 0 Å². The number of rotatable bonds is 11. The van der Waals surface area contributed by atoms with Gasteiger partial charge in [0.05, 0.1) is 17.1 Å². The number of hydrogen-bond donors (Lipinski definition) is 0. The van der Waals surface area contributed by atoms with Crippen molar-refractivity contribution in [3.05, 3.63) is 84.4 Å². The van der Waals surface area contributed by atoms with Crippen molar-refractivity contribution in [3.8, 4) is 11.5 Å². The number of nitrogens with zero attached hydrogens (tertiary/aromatic N) is 2. The Hall–Kier alpha value is -2.91. The van der Waals surface area contributed by atoms with Crippen molar-refractivity contribution in [3.63, 3.8) is 0 Å². The summed E-state index contributed by atoms with van der Waals surface area (Å²) in [5.74, 6) is -0.713. The molecule has 0 aliphatic carbocycles. The second kappa shape index (κ2) is 18.4. The molecule has 0 N–H and O–H groups in total. The predicted molar refractivity (Wildman–Crippen MR) is 141 cm³/mol. The SMILES string of the molecule is CCCCCCC(C=Nc1ccccc1)=Nc1ccccc1.CCCCc1cccc([O-])c1[O-].[Ni+2]. The van der Waals surface area contributed by atoms with Gasteiger partial charge in [-0.25, -0.2) is 0 Å². The normalized spacial score (nSPS) is 11.0. The maximum absolute atomic E-state index is 11.2. The van der Waals surface area contributed by atoms with Crippen molar-refractivity contribution in [2.24, 2.45) is 9.98 Å². The van der Waals surface area contributed by atoms with Gasteiger partial charge >= 0.3 is 16.5 Å². The first-order valence-corrected chi connectivity index (χ1v) is 12.3. The molecule has 0 atom stereocenters. The summed E-state index contributed by atoms with van der Waals surface area (Å²) in [5, 5.41) is 22.1. The minimum Gasteiger partial charge on any atom is -0.873 e. The summed E-state index contributed by atoms with van der Waals surface area (Å²) in [7, 11) is 0. The Labute approximate surface area is 220 Å². The van der Waals surface area contributed by atoms with Crippen LogP contribution in [-0.4, -0.2) is 11.9 Å². The van der Waals surface area contributed by atoms with Crippen LogP contribution in [0.5, 0.6) is 11.5 Å². The summed E-state index contributed by atoms with van der Waals surface area (Å²) in [6.07, 6.45) is 10.6. The second-order valence-electron chi connectivity index (χ2n) is 8.19. The van der Waals surface area contributed by atoms with Crippen LogP contribution in [0.2, 0.25) is 0 Å². The molecular formula is C30H36N2NiO2. The molecule has 0 amide bonds. The number of hydrogen-bond acceptors (Lipinski definition) is 4. The molecule has 0 unspecified atom stereocenters. The van der Waals surface area contributed by atoms with E-state index in [1.54, 1.807) is 12.1 Å². The molecule has 35 heavy (non-hydrogen) atoms. The van der Waals surface area contributed by atoms with E-state index in [1.165, 1.54) is 31.7 Å². The van der Waals surface area contributed by atoms with Gasteiger partial charge in [-0.1, -0.05) is 99.7 Å². The molecule has 0 aliphatic rings. The van der Waals surface area contributed by atoms with Crippen LogP contribution in [0.1, 0.15) is 64.4 Å². The van der Waals surface area contributed by atoms with Gasteiger partial charge in [0.1, 0.15) is 0 Å². The number of para-hydroxylation sites is 3. The van der Waals surface area contributed by atoms with Crippen LogP contribution < -0.4 is 10.2 Å². The summed E-state index contributed by atoms with van der Waals surface area (Å²) in [6.45, 7) is 4.29. The summed E-state index contributed by atoms with van der Waals surface area (Å²) in [6, 6.07) is 24.8. The van der Waals surface area contributed by atoms with E-state index in [-0.39, 0.29) is 28.0 Å². The Kier molecular flexibility index (Phi) is 15.9. The third-order valence-electron chi connectivity index (χ3n) is 5.29. The van der Waals surface area contributed by atoms with Crippen LogP contribution in [0.3, 0.4) is 0 Å². The van der Waals surface area contributed by atoms with Crippen LogP contribution in [0.25, 0.3) is 0 Å². The molecule has 0 aliphatic heterocycles. The van der Waals surface area contributed by atoms with Crippen molar-refractivity contribution in [1.82, 2.24) is 0 Å². The van der Waals surface area contributed by atoms with Crippen LogP contribution in [0.4, 0.5) is 11.4 Å². The molecule has 4 nitrogen and oxygen atoms in total. The number of benzene rings is 3. The molecule has 3 rings (SSSR count). The molecule has 0 fully saturated rings. The van der Waals surface area contributed by atoms with E-state index < -0.39 is 0 Å². The average molecular weight is 515 g/mol. The first-order chi connectivity index (χ1) is 16.6. The molecule has 3 aromatic rings. The van der Waals surface area contributed by atoms with Gasteiger partial charge in [-0.3, -0.25) is 9.98 Å². The largest absolute Gasteiger partial charge is 2.00 e. The predicted octanol–water partition coefficient (Wildman–Crippen LogP) is 7.31. The van der Waals surface area contributed by atoms with Crippen molar-refractivity contribution < 1.29 is 26.7 Å². The van der Waals surface area contributed by atoms with Gasteiger partial charge in [-0.15, -0.1) is 11.5 Å². The molecule has 0 bridgehead atoms. The molecule has 0 radical (unpaired) electrons. The summed E-state index contributed by atoms with van der Waals surface area (Å²) in [5.41, 5.74) is 3.67. The fraction of sp³-hybridized carbons (Fsp3) is 0.333. The van der Waals surface area contributed by atoms with Crippen molar-refractivity contribution in [2.45, 2.75) is 65.2 Å². The fourth-order valence-corrected chi connectivity index (χ4v) is 3.34. The molecule has 188 valence electrons. The number of aliphatic imine (C=N–C) groups is 2. The van der Waals surface area contributed by atoms with Gasteiger partial charge in [0.25, 0.3) is 0 Å². The molecule has 5 heteroatoms. The van der Waals surface area contributed by atoms with Crippen molar-refractivity contribution in [2.75, 3.05) is 0 Å². The van der Waals surface area contributed by atoms with Crippen LogP contribution in [0.15, 0.2) is 88.8 Å². The van der Waals surface area contributed by atoms with Gasteiger partial charge in [-0.05, 0) is 49.9 Å². The average Bonchev–Trinajstić information content (AvgIpc) is 2.87. The van der Waals surface area contributed by atoms with Crippen LogP contribution in [0, 0.1) is 0 Å². The van der Waals surface area contributed by atoms with E-state index in [0.29, 0.717) is 5.56 Å². The Morgan fingerprint density at radius 2 is 1.34 bits per heavy atom. The van der Waals surface area contributed by atoms with Gasteiger partial charge in [0.15, 0.2) is 0 Å². The van der Waals surface area contributed by atoms with Crippen molar-refractivity contribution >= 4 is 23.3 Å². The molecule has 3 aromatic carbocycles. The minimum atomic E-state index is -0.386. The number of aryl methyl sites for hydroxylation is 1. The van der Waals surface area contributed by atoms with E-state index in [9.17, 15) is 10.2 Å². The molecule has 0 saturated heterocycles. The fourth-order valence-electron chi connectivity index (χ4n) is 3.34. The second-order valence-corrected chi connectivity index (χ2v) is 8.19. The zero-order valence-corrected chi connectivity index (χ0v) is 21.8. The van der Waals surface area contributed by atoms with E-state index in [2.05, 4.69) is 18.8 Å². The van der Waals surface area contributed by atoms with Gasteiger partial charge in [-0.2, -0.15) is 0 Å². The van der Waals surface area contributed by atoms with Gasteiger partial charge in [0.2, 0.25) is 0 Å². The standard InChI is InChI=1S/C20H24N2.C10H14O2.Ni/c1-2-3-4-7-16-20(22-19-14-10-6-11-15-19)17-21-18-12-8-5-9-13-18;1-2-3-5-8-6-4-7-9(11)10(8)12;/h5-6,8-15,17H,2-4,7,16H2,1H3;4,6-7,11-12H,2-3,5H2,1H3;/q;;+2/p-2. The monoisotopic (exact) mass is 514 g/mol. The topological polar surface area (TPSA) is 70.8 Å². The van der Waals surface area contributed by atoms with E-state index in [1.807, 2.05) is 66.9 Å². The summed E-state index contributed by atoms with van der Waals surface area (Å²) < 4.78 is 0. The molecule has 0 saturated carbocycles. The zero-order chi connectivity index (χ0) is 24.4. The third-order valence-corrected chi connectivity index (χ3v) is 5.29. The Balaban J connectivity index is 0.000000401. The summed E-state index contributed by atoms with van der Waals surface area (Å²) >= 11 is 0. The van der Waals surface area contributed by atoms with E-state index in [0.717, 1.165) is 42.8 Å². The van der Waals surface area contributed by atoms with Gasteiger partial charge < -0.3 is 10.2 Å². The first kappa shape index (κ1) is 30.1. The number of unbranched alkanes of at least 4 members (excludes halogenated alkanes) is 4. The van der Waals surface area contributed by atoms with E-state index in [4.69, 9.17) is 4.99 Å². The van der Waals surface area contributed by atoms with Gasteiger partial charge in [0, 0.05) is 6.21 Å². The zero-order valence-electron chi connectivity index (χ0n) is 20.8. The quantitative estimate of drug-likeness (QED) is 0.153. The first-order valence-electron chi connectivity index (χ1n) is 12.3. The molecule has 0 heterocycles. The smallest absolute Gasteiger partial charge is 0.873 e. The minimum absolute atomic E-state index is 0. The molecule has 0 spiro atoms. The van der Waals surface area contributed by atoms with E-state index >= 15 is 0 Å². The Morgan fingerprint density at radius 3 is 1.97 bits per heavy atom. The Bertz CT molecular complexity index is 1010. The molecular weight excluding hydrogens is 479 g/mol. The maximum atomic E-state index is 11.2. The van der Waals surface area contributed by atoms with Crippen LogP contribution in [-0.2, 0) is 22.9 Å². The van der Waals surface area contributed by atoms with Crippen molar-refractivity contribution in [1.29, 1.82) is 0 Å².